The van der Waals surface area contributed by atoms with Crippen molar-refractivity contribution < 1.29 is 14.3 Å². The highest BCUT2D eigenvalue weighted by Gasteiger charge is 2.63. The molecule has 2 amide bonds. The lowest BCUT2D eigenvalue weighted by atomic mass is 9.88. The van der Waals surface area contributed by atoms with E-state index in [9.17, 15) is 9.59 Å². The van der Waals surface area contributed by atoms with Crippen LogP contribution in [-0.2, 0) is 9.53 Å². The Morgan fingerprint density at radius 3 is 2.33 bits per heavy atom. The second kappa shape index (κ2) is 5.85. The van der Waals surface area contributed by atoms with E-state index < -0.39 is 17.1 Å². The predicted molar refractivity (Wildman–Crippen MR) is 80.6 cm³/mol. The van der Waals surface area contributed by atoms with Crippen LogP contribution in [0.15, 0.2) is 0 Å². The molecule has 120 valence electrons. The van der Waals surface area contributed by atoms with Crippen molar-refractivity contribution in [3.8, 4) is 0 Å². The standard InChI is InChI=1S/C16H28N2O3/c1-15(2,3)21-14(20)18-12-9-7-5-4-6-8-11-10-16(11,12)13(17)19/h11-12H,4-10H2,1-3H3,(H2,17,19)(H,18,20)/t11?,12-,16+/m1/s1. The van der Waals surface area contributed by atoms with E-state index in [1.165, 1.54) is 6.42 Å². The van der Waals surface area contributed by atoms with Crippen molar-refractivity contribution in [3.63, 3.8) is 0 Å². The van der Waals surface area contributed by atoms with E-state index in [0.717, 1.165) is 38.5 Å². The molecule has 2 aliphatic rings. The molecular formula is C16H28N2O3. The number of hydrogen-bond acceptors (Lipinski definition) is 3. The average Bonchev–Trinajstić information content (AvgIpc) is 3.04. The number of ether oxygens (including phenoxy) is 1. The molecule has 0 aromatic carbocycles. The third kappa shape index (κ3) is 3.69. The highest BCUT2D eigenvalue weighted by molar-refractivity contribution is 5.86. The van der Waals surface area contributed by atoms with Gasteiger partial charge in [0.15, 0.2) is 0 Å². The van der Waals surface area contributed by atoms with Crippen LogP contribution >= 0.6 is 0 Å². The van der Waals surface area contributed by atoms with Gasteiger partial charge in [0.25, 0.3) is 0 Å². The van der Waals surface area contributed by atoms with Crippen LogP contribution in [0.3, 0.4) is 0 Å². The molecule has 21 heavy (non-hydrogen) atoms. The molecule has 2 fully saturated rings. The Hall–Kier alpha value is -1.26. The zero-order valence-corrected chi connectivity index (χ0v) is 13.4. The zero-order chi connectivity index (χ0) is 15.7. The lowest BCUT2D eigenvalue weighted by Gasteiger charge is -2.28. The molecule has 3 atom stereocenters. The van der Waals surface area contributed by atoms with Crippen molar-refractivity contribution >= 4 is 12.0 Å². The topological polar surface area (TPSA) is 81.4 Å². The SMILES string of the molecule is CC(C)(C)OC(=O)N[C@@H]1CCCCCCC2C[C@]21C(N)=O. The molecule has 0 saturated heterocycles. The van der Waals surface area contributed by atoms with Crippen LogP contribution in [0.25, 0.3) is 0 Å². The highest BCUT2D eigenvalue weighted by Crippen LogP contribution is 2.58. The second-order valence-electron chi connectivity index (χ2n) is 7.50. The smallest absolute Gasteiger partial charge is 0.407 e. The Balaban J connectivity index is 2.09. The van der Waals surface area contributed by atoms with Gasteiger partial charge < -0.3 is 15.8 Å². The third-order valence-electron chi connectivity index (χ3n) is 4.72. The molecular weight excluding hydrogens is 268 g/mol. The molecule has 0 bridgehead atoms. The Kier molecular flexibility index (Phi) is 4.49. The lowest BCUT2D eigenvalue weighted by Crippen LogP contribution is -2.49. The van der Waals surface area contributed by atoms with E-state index in [-0.39, 0.29) is 11.9 Å². The van der Waals surface area contributed by atoms with E-state index >= 15 is 0 Å². The number of fused-ring (bicyclic) bond motifs is 1. The molecule has 0 heterocycles. The van der Waals surface area contributed by atoms with E-state index in [0.29, 0.717) is 5.92 Å². The summed E-state index contributed by atoms with van der Waals surface area (Å²) in [7, 11) is 0. The minimum Gasteiger partial charge on any atom is -0.444 e. The van der Waals surface area contributed by atoms with Gasteiger partial charge in [0.2, 0.25) is 5.91 Å². The van der Waals surface area contributed by atoms with Gasteiger partial charge in [-0.1, -0.05) is 25.7 Å². The molecule has 5 nitrogen and oxygen atoms in total. The summed E-state index contributed by atoms with van der Waals surface area (Å²) in [5.41, 5.74) is 4.60. The van der Waals surface area contributed by atoms with Crippen LogP contribution in [0.5, 0.6) is 0 Å². The third-order valence-corrected chi connectivity index (χ3v) is 4.72. The number of nitrogens with two attached hydrogens (primary N) is 1. The molecule has 3 N–H and O–H groups in total. The Labute approximate surface area is 127 Å². The van der Waals surface area contributed by atoms with Crippen molar-refractivity contribution in [2.45, 2.75) is 77.4 Å². The van der Waals surface area contributed by atoms with Crippen LogP contribution in [0, 0.1) is 11.3 Å². The molecule has 0 aliphatic heterocycles. The summed E-state index contributed by atoms with van der Waals surface area (Å²) in [4.78, 5) is 24.1. The van der Waals surface area contributed by atoms with E-state index in [1.54, 1.807) is 0 Å². The van der Waals surface area contributed by atoms with Crippen LogP contribution in [-0.4, -0.2) is 23.6 Å². The highest BCUT2D eigenvalue weighted by atomic mass is 16.6. The molecule has 0 spiro atoms. The first-order valence-electron chi connectivity index (χ1n) is 8.05. The molecule has 1 unspecified atom stereocenters. The van der Waals surface area contributed by atoms with Crippen LogP contribution in [0.4, 0.5) is 4.79 Å². The second-order valence-corrected chi connectivity index (χ2v) is 7.50. The Morgan fingerprint density at radius 2 is 1.76 bits per heavy atom. The van der Waals surface area contributed by atoms with Gasteiger partial charge in [0.1, 0.15) is 5.60 Å². The lowest BCUT2D eigenvalue weighted by molar-refractivity contribution is -0.124. The summed E-state index contributed by atoms with van der Waals surface area (Å²) >= 11 is 0. The average molecular weight is 296 g/mol. The van der Waals surface area contributed by atoms with Crippen LogP contribution in [0.1, 0.15) is 65.7 Å². The minimum atomic E-state index is -0.540. The maximum absolute atomic E-state index is 12.1. The summed E-state index contributed by atoms with van der Waals surface area (Å²) in [6, 6.07) is -0.187. The number of carbonyl (C=O) groups excluding carboxylic acids is 2. The number of rotatable bonds is 2. The minimum absolute atomic E-state index is 0.187. The van der Waals surface area contributed by atoms with Gasteiger partial charge in [-0.3, -0.25) is 4.79 Å². The first kappa shape index (κ1) is 16.1. The molecule has 5 heteroatoms. The van der Waals surface area contributed by atoms with Gasteiger partial charge in [-0.05, 0) is 46.0 Å². The fourth-order valence-corrected chi connectivity index (χ4v) is 3.61. The first-order chi connectivity index (χ1) is 9.75. The molecule has 0 aromatic rings. The summed E-state index contributed by atoms with van der Waals surface area (Å²) in [6.07, 6.45) is 6.72. The largest absolute Gasteiger partial charge is 0.444 e. The Bertz CT molecular complexity index is 416. The fraction of sp³-hybridized carbons (Fsp3) is 0.875. The van der Waals surface area contributed by atoms with Crippen molar-refractivity contribution in [2.24, 2.45) is 17.1 Å². The van der Waals surface area contributed by atoms with Gasteiger partial charge in [0.05, 0.1) is 5.41 Å². The van der Waals surface area contributed by atoms with Crippen molar-refractivity contribution in [3.05, 3.63) is 0 Å². The number of amides is 2. The van der Waals surface area contributed by atoms with Gasteiger partial charge >= 0.3 is 6.09 Å². The summed E-state index contributed by atoms with van der Waals surface area (Å²) in [6.45, 7) is 5.50. The predicted octanol–water partition coefficient (Wildman–Crippen LogP) is 2.73. The monoisotopic (exact) mass is 296 g/mol. The van der Waals surface area contributed by atoms with E-state index in [2.05, 4.69) is 5.32 Å². The van der Waals surface area contributed by atoms with Gasteiger partial charge in [0, 0.05) is 6.04 Å². The van der Waals surface area contributed by atoms with Gasteiger partial charge in [-0.25, -0.2) is 4.79 Å². The maximum Gasteiger partial charge on any atom is 0.407 e. The molecule has 0 aromatic heterocycles. The summed E-state index contributed by atoms with van der Waals surface area (Å²) in [5.74, 6) is 0.0588. The maximum atomic E-state index is 12.1. The fourth-order valence-electron chi connectivity index (χ4n) is 3.61. The number of carbonyl (C=O) groups is 2. The number of primary amides is 1. The quantitative estimate of drug-likeness (QED) is 0.822. The van der Waals surface area contributed by atoms with Crippen molar-refractivity contribution in [1.82, 2.24) is 5.32 Å². The Morgan fingerprint density at radius 1 is 1.14 bits per heavy atom. The van der Waals surface area contributed by atoms with Gasteiger partial charge in [-0.15, -0.1) is 0 Å². The zero-order valence-electron chi connectivity index (χ0n) is 13.4. The number of hydrogen-bond donors (Lipinski definition) is 2. The number of alkyl carbamates (subject to hydrolysis) is 1. The van der Waals surface area contributed by atoms with Crippen molar-refractivity contribution in [1.29, 1.82) is 0 Å². The first-order valence-corrected chi connectivity index (χ1v) is 8.05. The van der Waals surface area contributed by atoms with Crippen LogP contribution in [0.2, 0.25) is 0 Å². The van der Waals surface area contributed by atoms with Crippen molar-refractivity contribution in [2.75, 3.05) is 0 Å². The summed E-state index contributed by atoms with van der Waals surface area (Å²) < 4.78 is 5.33. The normalized spacial score (nSPS) is 32.9. The molecule has 0 radical (unpaired) electrons. The number of nitrogens with one attached hydrogen (secondary N) is 1. The molecule has 2 rings (SSSR count). The van der Waals surface area contributed by atoms with E-state index in [4.69, 9.17) is 10.5 Å². The molecule has 2 aliphatic carbocycles. The molecule has 2 saturated carbocycles. The van der Waals surface area contributed by atoms with Gasteiger partial charge in [-0.2, -0.15) is 0 Å². The summed E-state index contributed by atoms with van der Waals surface area (Å²) in [5, 5.41) is 2.92. The van der Waals surface area contributed by atoms with Crippen LogP contribution < -0.4 is 11.1 Å². The van der Waals surface area contributed by atoms with E-state index in [1.807, 2.05) is 20.8 Å².